The maximum Gasteiger partial charge on any atom is 0.471 e. The van der Waals surface area contributed by atoms with E-state index in [0.717, 1.165) is 19.1 Å². The first-order chi connectivity index (χ1) is 11.1. The Hall–Kier alpha value is -2.01. The molecule has 1 aromatic carbocycles. The van der Waals surface area contributed by atoms with Gasteiger partial charge < -0.3 is 15.7 Å². The Bertz CT molecular complexity index is 673. The highest BCUT2D eigenvalue weighted by Crippen LogP contribution is 2.36. The molecule has 0 spiro atoms. The molecule has 0 aliphatic heterocycles. The van der Waals surface area contributed by atoms with Gasteiger partial charge in [0.15, 0.2) is 5.60 Å². The van der Waals surface area contributed by atoms with Crippen molar-refractivity contribution in [1.29, 1.82) is 0 Å². The average molecular weight is 393 g/mol. The zero-order chi connectivity index (χ0) is 19.6. The van der Waals surface area contributed by atoms with Gasteiger partial charge in [-0.15, -0.1) is 0 Å². The van der Waals surface area contributed by atoms with E-state index in [1.165, 1.54) is 5.32 Å². The van der Waals surface area contributed by atoms with E-state index in [1.54, 1.807) is 0 Å². The van der Waals surface area contributed by atoms with Crippen molar-refractivity contribution < 1.29 is 41.0 Å². The quantitative estimate of drug-likeness (QED) is 0.689. The molecule has 5 nitrogen and oxygen atoms in total. The van der Waals surface area contributed by atoms with Gasteiger partial charge in [0.2, 0.25) is 0 Å². The number of anilines is 1. The molecule has 0 radical (unpaired) electrons. The molecule has 0 saturated carbocycles. The number of carbonyl (C=O) groups excluding carboxylic acids is 2. The molecule has 25 heavy (non-hydrogen) atoms. The van der Waals surface area contributed by atoms with Crippen molar-refractivity contribution in [3.63, 3.8) is 0 Å². The fourth-order valence-electron chi connectivity index (χ4n) is 1.52. The molecular weight excluding hydrogens is 382 g/mol. The van der Waals surface area contributed by atoms with Crippen molar-refractivity contribution in [3.8, 4) is 0 Å². The minimum absolute atomic E-state index is 0.399. The molecule has 0 aliphatic rings. The third-order valence-corrected chi connectivity index (χ3v) is 3.20. The van der Waals surface area contributed by atoms with E-state index in [4.69, 9.17) is 11.6 Å². The average Bonchev–Trinajstić information content (AvgIpc) is 2.44. The zero-order valence-electron chi connectivity index (χ0n) is 12.3. The Morgan fingerprint density at radius 2 is 1.68 bits per heavy atom. The van der Waals surface area contributed by atoms with Crippen LogP contribution in [0, 0.1) is 0 Å². The second-order valence-electron chi connectivity index (χ2n) is 5.10. The number of benzene rings is 1. The standard InChI is InChI=1S/C13H11ClF6N2O3/c1-11(25,5-21-10(24)13(18,19)20)9(23)22-6-2-3-8(14)7(4-6)12(15,16)17/h2-4,25H,5H2,1H3,(H,21,24)(H,22,23). The predicted octanol–water partition coefficient (Wildman–Crippen LogP) is 2.73. The van der Waals surface area contributed by atoms with Crippen LogP contribution in [0.25, 0.3) is 0 Å². The number of carbonyl (C=O) groups is 2. The lowest BCUT2D eigenvalue weighted by atomic mass is 10.1. The van der Waals surface area contributed by atoms with Gasteiger partial charge in [0.25, 0.3) is 5.91 Å². The Kier molecular flexibility index (Phi) is 5.96. The number of aliphatic hydroxyl groups is 1. The van der Waals surface area contributed by atoms with Gasteiger partial charge in [-0.05, 0) is 25.1 Å². The van der Waals surface area contributed by atoms with Gasteiger partial charge >= 0.3 is 18.3 Å². The SMILES string of the molecule is CC(O)(CNC(=O)C(F)(F)F)C(=O)Nc1ccc(Cl)c(C(F)(F)F)c1. The van der Waals surface area contributed by atoms with Gasteiger partial charge in [-0.1, -0.05) is 11.6 Å². The zero-order valence-corrected chi connectivity index (χ0v) is 13.1. The first-order valence-electron chi connectivity index (χ1n) is 6.40. The van der Waals surface area contributed by atoms with Crippen LogP contribution in [0.3, 0.4) is 0 Å². The number of halogens is 7. The largest absolute Gasteiger partial charge is 0.471 e. The summed E-state index contributed by atoms with van der Waals surface area (Å²) >= 11 is 5.40. The molecule has 0 aliphatic carbocycles. The second kappa shape index (κ2) is 7.08. The second-order valence-corrected chi connectivity index (χ2v) is 5.51. The van der Waals surface area contributed by atoms with Gasteiger partial charge in [-0.2, -0.15) is 26.3 Å². The molecule has 0 heterocycles. The van der Waals surface area contributed by atoms with Crippen molar-refractivity contribution >= 4 is 29.1 Å². The molecule has 12 heteroatoms. The Morgan fingerprint density at radius 3 is 2.16 bits per heavy atom. The van der Waals surface area contributed by atoms with Crippen LogP contribution < -0.4 is 10.6 Å². The van der Waals surface area contributed by atoms with Gasteiger partial charge in [-0.25, -0.2) is 0 Å². The summed E-state index contributed by atoms with van der Waals surface area (Å²) in [5.41, 5.74) is -4.17. The lowest BCUT2D eigenvalue weighted by Gasteiger charge is -2.23. The van der Waals surface area contributed by atoms with Crippen molar-refractivity contribution in [2.45, 2.75) is 24.9 Å². The normalized spacial score (nSPS) is 14.6. The maximum atomic E-state index is 12.7. The Morgan fingerprint density at radius 1 is 1.12 bits per heavy atom. The van der Waals surface area contributed by atoms with Crippen LogP contribution in [-0.2, 0) is 15.8 Å². The van der Waals surface area contributed by atoms with E-state index in [9.17, 15) is 41.0 Å². The van der Waals surface area contributed by atoms with Crippen LogP contribution in [0.2, 0.25) is 5.02 Å². The lowest BCUT2D eigenvalue weighted by molar-refractivity contribution is -0.174. The number of alkyl halides is 6. The number of hydrogen-bond acceptors (Lipinski definition) is 3. The molecule has 3 N–H and O–H groups in total. The Labute approximate surface area is 141 Å². The van der Waals surface area contributed by atoms with E-state index < -0.39 is 52.6 Å². The van der Waals surface area contributed by atoms with E-state index in [2.05, 4.69) is 0 Å². The van der Waals surface area contributed by atoms with Crippen LogP contribution in [-0.4, -0.2) is 35.2 Å². The summed E-state index contributed by atoms with van der Waals surface area (Å²) in [6.45, 7) is -0.337. The molecule has 1 unspecified atom stereocenters. The monoisotopic (exact) mass is 392 g/mol. The Balaban J connectivity index is 2.86. The molecule has 2 amide bonds. The summed E-state index contributed by atoms with van der Waals surface area (Å²) < 4.78 is 74.3. The van der Waals surface area contributed by atoms with Crippen molar-refractivity contribution in [2.24, 2.45) is 0 Å². The van der Waals surface area contributed by atoms with Crippen molar-refractivity contribution in [3.05, 3.63) is 28.8 Å². The first-order valence-corrected chi connectivity index (χ1v) is 6.78. The summed E-state index contributed by atoms with van der Waals surface area (Å²) in [5, 5.41) is 12.4. The van der Waals surface area contributed by atoms with Gasteiger partial charge in [0.05, 0.1) is 17.1 Å². The molecule has 140 valence electrons. The number of hydrogen-bond donors (Lipinski definition) is 3. The molecule has 0 fully saturated rings. The van der Waals surface area contributed by atoms with Gasteiger partial charge in [-0.3, -0.25) is 9.59 Å². The highest BCUT2D eigenvalue weighted by Gasteiger charge is 2.41. The molecule has 0 bridgehead atoms. The predicted molar refractivity (Wildman–Crippen MR) is 74.8 cm³/mol. The molecule has 0 saturated heterocycles. The molecule has 1 atom stereocenters. The third-order valence-electron chi connectivity index (χ3n) is 2.87. The number of nitrogens with one attached hydrogen (secondary N) is 2. The van der Waals surface area contributed by atoms with Gasteiger partial charge in [0.1, 0.15) is 0 Å². The van der Waals surface area contributed by atoms with Crippen LogP contribution in [0.5, 0.6) is 0 Å². The van der Waals surface area contributed by atoms with Crippen LogP contribution >= 0.6 is 11.6 Å². The molecule has 1 aromatic rings. The lowest BCUT2D eigenvalue weighted by Crippen LogP contribution is -2.51. The smallest absolute Gasteiger partial charge is 0.378 e. The third kappa shape index (κ3) is 5.78. The summed E-state index contributed by atoms with van der Waals surface area (Å²) in [4.78, 5) is 22.5. The minimum Gasteiger partial charge on any atom is -0.378 e. The molecular formula is C13H11ClF6N2O3. The van der Waals surface area contributed by atoms with E-state index in [-0.39, 0.29) is 0 Å². The molecule has 0 aromatic heterocycles. The highest BCUT2D eigenvalue weighted by molar-refractivity contribution is 6.31. The van der Waals surface area contributed by atoms with Crippen LogP contribution in [0.4, 0.5) is 32.0 Å². The summed E-state index contributed by atoms with van der Waals surface area (Å²) in [7, 11) is 0. The summed E-state index contributed by atoms with van der Waals surface area (Å²) in [5.74, 6) is -3.71. The van der Waals surface area contributed by atoms with Crippen LogP contribution in [0.1, 0.15) is 12.5 Å². The summed E-state index contributed by atoms with van der Waals surface area (Å²) in [6, 6.07) is 2.34. The van der Waals surface area contributed by atoms with E-state index in [1.807, 2.05) is 5.32 Å². The highest BCUT2D eigenvalue weighted by atomic mass is 35.5. The topological polar surface area (TPSA) is 78.4 Å². The van der Waals surface area contributed by atoms with E-state index >= 15 is 0 Å². The maximum absolute atomic E-state index is 12.7. The fraction of sp³-hybridized carbons (Fsp3) is 0.385. The number of amides is 2. The minimum atomic E-state index is -5.22. The van der Waals surface area contributed by atoms with Crippen LogP contribution in [0.15, 0.2) is 18.2 Å². The number of rotatable bonds is 4. The van der Waals surface area contributed by atoms with Gasteiger partial charge in [0, 0.05) is 5.69 Å². The van der Waals surface area contributed by atoms with E-state index in [0.29, 0.717) is 6.07 Å². The van der Waals surface area contributed by atoms with Crippen molar-refractivity contribution in [2.75, 3.05) is 11.9 Å². The summed E-state index contributed by atoms with van der Waals surface area (Å²) in [6.07, 6.45) is -10.0. The molecule has 1 rings (SSSR count). The van der Waals surface area contributed by atoms with Crippen molar-refractivity contribution in [1.82, 2.24) is 5.32 Å². The fourth-order valence-corrected chi connectivity index (χ4v) is 1.74. The first kappa shape index (κ1) is 21.0.